The minimum atomic E-state index is -0.155. The van der Waals surface area contributed by atoms with E-state index in [1.54, 1.807) is 23.5 Å². The molecular formula is C26H27N5O3S. The number of amides is 1. The van der Waals surface area contributed by atoms with E-state index in [0.29, 0.717) is 29.8 Å². The second-order valence-electron chi connectivity index (χ2n) is 8.80. The Labute approximate surface area is 208 Å². The van der Waals surface area contributed by atoms with Crippen molar-refractivity contribution in [1.29, 1.82) is 0 Å². The number of nitrogens with zero attached hydrogens (tertiary/aromatic N) is 5. The first kappa shape index (κ1) is 23.2. The molecule has 0 radical (unpaired) electrons. The zero-order chi connectivity index (χ0) is 24.4. The number of hydrogen-bond donors (Lipinski definition) is 0. The van der Waals surface area contributed by atoms with Gasteiger partial charge in [0.2, 0.25) is 17.7 Å². The van der Waals surface area contributed by atoms with Crippen LogP contribution in [0.4, 0.5) is 0 Å². The number of rotatable bonds is 7. The van der Waals surface area contributed by atoms with E-state index in [9.17, 15) is 4.79 Å². The molecule has 1 aliphatic heterocycles. The predicted octanol–water partition coefficient (Wildman–Crippen LogP) is 5.23. The molecule has 0 spiro atoms. The molecule has 0 bridgehead atoms. The molecule has 5 rings (SSSR count). The Bertz CT molecular complexity index is 1320. The molecule has 8 nitrogen and oxygen atoms in total. The lowest BCUT2D eigenvalue weighted by molar-refractivity contribution is 0.0728. The number of carbonyl (C=O) groups excluding carboxylic acids is 1. The molecule has 9 heteroatoms. The van der Waals surface area contributed by atoms with Crippen molar-refractivity contribution >= 4 is 17.2 Å². The molecule has 0 saturated carbocycles. The van der Waals surface area contributed by atoms with Crippen LogP contribution in [0.25, 0.3) is 11.5 Å². The summed E-state index contributed by atoms with van der Waals surface area (Å²) in [5.74, 6) is 1.10. The molecule has 4 heterocycles. The SMILES string of the molecule is COc1cc(-c2nnc(C(C)Cc3ccccc3)o2)cc(C(=O)N2CCCC2c2nc(C)cs2)n1. The van der Waals surface area contributed by atoms with Crippen molar-refractivity contribution in [2.45, 2.75) is 45.1 Å². The summed E-state index contributed by atoms with van der Waals surface area (Å²) in [7, 11) is 1.53. The van der Waals surface area contributed by atoms with Gasteiger partial charge in [0.05, 0.1) is 13.2 Å². The van der Waals surface area contributed by atoms with Gasteiger partial charge in [-0.25, -0.2) is 9.97 Å². The van der Waals surface area contributed by atoms with Crippen LogP contribution in [-0.2, 0) is 6.42 Å². The van der Waals surface area contributed by atoms with Crippen LogP contribution in [0.15, 0.2) is 52.3 Å². The van der Waals surface area contributed by atoms with Crippen molar-refractivity contribution in [2.24, 2.45) is 0 Å². The predicted molar refractivity (Wildman–Crippen MR) is 133 cm³/mol. The Hall–Kier alpha value is -3.59. The monoisotopic (exact) mass is 489 g/mol. The highest BCUT2D eigenvalue weighted by Crippen LogP contribution is 2.35. The fourth-order valence-corrected chi connectivity index (χ4v) is 5.33. The first-order chi connectivity index (χ1) is 17.0. The van der Waals surface area contributed by atoms with Crippen LogP contribution >= 0.6 is 11.3 Å². The van der Waals surface area contributed by atoms with Crippen molar-refractivity contribution < 1.29 is 13.9 Å². The molecule has 1 saturated heterocycles. The van der Waals surface area contributed by atoms with E-state index in [1.165, 1.54) is 12.7 Å². The van der Waals surface area contributed by atoms with Gasteiger partial charge in [0.15, 0.2) is 0 Å². The fourth-order valence-electron chi connectivity index (χ4n) is 4.39. The summed E-state index contributed by atoms with van der Waals surface area (Å²) in [6.07, 6.45) is 2.61. The largest absolute Gasteiger partial charge is 0.481 e. The van der Waals surface area contributed by atoms with Crippen LogP contribution in [0.5, 0.6) is 5.88 Å². The number of carbonyl (C=O) groups is 1. The summed E-state index contributed by atoms with van der Waals surface area (Å²) >= 11 is 1.59. The van der Waals surface area contributed by atoms with Crippen LogP contribution < -0.4 is 4.74 Å². The summed E-state index contributed by atoms with van der Waals surface area (Å²) in [5, 5.41) is 11.5. The molecule has 180 valence electrons. The quantitative estimate of drug-likeness (QED) is 0.351. The van der Waals surface area contributed by atoms with Crippen molar-refractivity contribution in [3.63, 3.8) is 0 Å². The first-order valence-corrected chi connectivity index (χ1v) is 12.6. The van der Waals surface area contributed by atoms with E-state index in [-0.39, 0.29) is 23.6 Å². The van der Waals surface area contributed by atoms with Crippen LogP contribution in [0.3, 0.4) is 0 Å². The molecule has 2 atom stereocenters. The maximum Gasteiger partial charge on any atom is 0.273 e. The summed E-state index contributed by atoms with van der Waals surface area (Å²) in [4.78, 5) is 24.4. The minimum Gasteiger partial charge on any atom is -0.481 e. The average molecular weight is 490 g/mol. The van der Waals surface area contributed by atoms with Gasteiger partial charge in [0.1, 0.15) is 10.7 Å². The van der Waals surface area contributed by atoms with Gasteiger partial charge in [-0.05, 0) is 37.8 Å². The summed E-state index contributed by atoms with van der Waals surface area (Å²) < 4.78 is 11.4. The highest BCUT2D eigenvalue weighted by molar-refractivity contribution is 7.09. The topological polar surface area (TPSA) is 94.2 Å². The number of aromatic nitrogens is 4. The van der Waals surface area contributed by atoms with Gasteiger partial charge >= 0.3 is 0 Å². The molecule has 3 aromatic heterocycles. The molecule has 35 heavy (non-hydrogen) atoms. The lowest BCUT2D eigenvalue weighted by Crippen LogP contribution is -2.31. The summed E-state index contributed by atoms with van der Waals surface area (Å²) in [5.41, 5.74) is 3.07. The standard InChI is InChI=1S/C26H27N5O3S/c1-16(12-18-8-5-4-6-9-18)23-29-30-24(34-23)19-13-20(28-22(14-19)33-3)26(32)31-11-7-10-21(31)25-27-17(2)15-35-25/h4-6,8-9,13-16,21H,7,10-12H2,1-3H3. The molecule has 1 aliphatic rings. The van der Waals surface area contributed by atoms with E-state index in [1.807, 2.05) is 35.4 Å². The van der Waals surface area contributed by atoms with Crippen molar-refractivity contribution in [1.82, 2.24) is 25.1 Å². The Morgan fingerprint density at radius 1 is 1.23 bits per heavy atom. The number of methoxy groups -OCH3 is 1. The maximum absolute atomic E-state index is 13.5. The third-order valence-electron chi connectivity index (χ3n) is 6.16. The Morgan fingerprint density at radius 2 is 2.06 bits per heavy atom. The number of thiazole rings is 1. The second kappa shape index (κ2) is 9.95. The second-order valence-corrected chi connectivity index (χ2v) is 9.69. The van der Waals surface area contributed by atoms with Gasteiger partial charge in [-0.2, -0.15) is 0 Å². The third-order valence-corrected chi connectivity index (χ3v) is 7.22. The van der Waals surface area contributed by atoms with Gasteiger partial charge in [-0.15, -0.1) is 21.5 Å². The van der Waals surface area contributed by atoms with Gasteiger partial charge in [-0.1, -0.05) is 37.3 Å². The molecule has 1 amide bonds. The highest BCUT2D eigenvalue weighted by Gasteiger charge is 2.33. The van der Waals surface area contributed by atoms with Gasteiger partial charge in [0.25, 0.3) is 5.91 Å². The lowest BCUT2D eigenvalue weighted by atomic mass is 10.0. The minimum absolute atomic E-state index is 0.0357. The van der Waals surface area contributed by atoms with Crippen molar-refractivity contribution in [3.05, 3.63) is 75.7 Å². The number of aryl methyl sites for hydroxylation is 1. The molecule has 1 aromatic carbocycles. The van der Waals surface area contributed by atoms with Crippen LogP contribution in [0, 0.1) is 6.92 Å². The van der Waals surface area contributed by atoms with Gasteiger partial charge < -0.3 is 14.1 Å². The fraction of sp³-hybridized carbons (Fsp3) is 0.346. The Kier molecular flexibility index (Phi) is 6.59. The summed E-state index contributed by atoms with van der Waals surface area (Å²) in [6, 6.07) is 13.6. The number of ether oxygens (including phenoxy) is 1. The molecule has 4 aromatic rings. The van der Waals surface area contributed by atoms with Crippen molar-refractivity contribution in [2.75, 3.05) is 13.7 Å². The molecule has 0 N–H and O–H groups in total. The number of benzene rings is 1. The van der Waals surface area contributed by atoms with E-state index in [2.05, 4.69) is 39.2 Å². The van der Waals surface area contributed by atoms with Gasteiger partial charge in [0, 0.05) is 35.2 Å². The normalized spacial score (nSPS) is 16.4. The van der Waals surface area contributed by atoms with Gasteiger partial charge in [-0.3, -0.25) is 4.79 Å². The van der Waals surface area contributed by atoms with E-state index in [0.717, 1.165) is 30.0 Å². The van der Waals surface area contributed by atoms with Crippen LogP contribution in [0.1, 0.15) is 64.4 Å². The zero-order valence-electron chi connectivity index (χ0n) is 20.0. The zero-order valence-corrected chi connectivity index (χ0v) is 20.8. The van der Waals surface area contributed by atoms with E-state index in [4.69, 9.17) is 9.15 Å². The third kappa shape index (κ3) is 4.95. The smallest absolute Gasteiger partial charge is 0.273 e. The molecular weight excluding hydrogens is 462 g/mol. The number of likely N-dealkylation sites (tertiary alicyclic amines) is 1. The molecule has 0 aliphatic carbocycles. The molecule has 1 fully saturated rings. The first-order valence-electron chi connectivity index (χ1n) is 11.7. The van der Waals surface area contributed by atoms with Crippen LogP contribution in [0.2, 0.25) is 0 Å². The van der Waals surface area contributed by atoms with E-state index >= 15 is 0 Å². The number of hydrogen-bond acceptors (Lipinski definition) is 8. The highest BCUT2D eigenvalue weighted by atomic mass is 32.1. The Morgan fingerprint density at radius 3 is 2.80 bits per heavy atom. The molecule has 2 unspecified atom stereocenters. The average Bonchev–Trinajstić information content (AvgIpc) is 3.64. The lowest BCUT2D eigenvalue weighted by Gasteiger charge is -2.23. The summed E-state index contributed by atoms with van der Waals surface area (Å²) in [6.45, 7) is 4.69. The van der Waals surface area contributed by atoms with Crippen molar-refractivity contribution in [3.8, 4) is 17.3 Å². The number of pyridine rings is 1. The maximum atomic E-state index is 13.5. The Balaban J connectivity index is 1.40. The van der Waals surface area contributed by atoms with Crippen LogP contribution in [-0.4, -0.2) is 44.6 Å². The van der Waals surface area contributed by atoms with E-state index < -0.39 is 0 Å².